The molecule has 1 fully saturated rings. The summed E-state index contributed by atoms with van der Waals surface area (Å²) >= 11 is 0. The van der Waals surface area contributed by atoms with E-state index in [2.05, 4.69) is 22.3 Å². The predicted octanol–water partition coefficient (Wildman–Crippen LogP) is 0.898. The molecule has 1 aromatic heterocycles. The summed E-state index contributed by atoms with van der Waals surface area (Å²) < 4.78 is 7.38. The van der Waals surface area contributed by atoms with Gasteiger partial charge >= 0.3 is 6.03 Å². The van der Waals surface area contributed by atoms with Crippen LogP contribution in [0.5, 0.6) is 5.75 Å². The number of aliphatic hydroxyl groups is 1. The largest absolute Gasteiger partial charge is 0.491 e. The normalized spacial score (nSPS) is 21.3. The molecule has 0 radical (unpaired) electrons. The Balaban J connectivity index is 1.54. The second-order valence-corrected chi connectivity index (χ2v) is 8.15. The summed E-state index contributed by atoms with van der Waals surface area (Å²) in [6.07, 6.45) is -0.671. The number of imide groups is 1. The number of aliphatic imine (C=N–C) groups is 1. The van der Waals surface area contributed by atoms with Crippen LogP contribution in [-0.4, -0.2) is 81.1 Å². The van der Waals surface area contributed by atoms with E-state index in [-0.39, 0.29) is 13.2 Å². The lowest BCUT2D eigenvalue weighted by Gasteiger charge is -2.36. The van der Waals surface area contributed by atoms with E-state index in [1.165, 1.54) is 10.5 Å². The van der Waals surface area contributed by atoms with Gasteiger partial charge in [0.2, 0.25) is 5.96 Å². The summed E-state index contributed by atoms with van der Waals surface area (Å²) in [5.74, 6) is 0.615. The molecule has 3 unspecified atom stereocenters. The molecule has 3 amide bonds. The first-order chi connectivity index (χ1) is 15.3. The van der Waals surface area contributed by atoms with Crippen molar-refractivity contribution in [1.82, 2.24) is 24.9 Å². The number of ether oxygens (including phenoxy) is 1. The van der Waals surface area contributed by atoms with E-state index >= 15 is 0 Å². The van der Waals surface area contributed by atoms with Crippen LogP contribution in [0.1, 0.15) is 23.9 Å². The van der Waals surface area contributed by atoms with Crippen LogP contribution in [0.15, 0.2) is 35.3 Å². The van der Waals surface area contributed by atoms with Crippen molar-refractivity contribution >= 4 is 17.9 Å². The highest BCUT2D eigenvalue weighted by Gasteiger charge is 2.49. The lowest BCUT2D eigenvalue weighted by molar-refractivity contribution is -0.127. The lowest BCUT2D eigenvalue weighted by Crippen LogP contribution is -2.64. The third kappa shape index (κ3) is 4.05. The number of amides is 3. The monoisotopic (exact) mass is 440 g/mol. The smallest absolute Gasteiger partial charge is 0.325 e. The maximum Gasteiger partial charge on any atom is 0.325 e. The molecule has 10 heteroatoms. The molecule has 170 valence electrons. The summed E-state index contributed by atoms with van der Waals surface area (Å²) in [5.41, 5.74) is 2.84. The topological polar surface area (TPSA) is 112 Å². The van der Waals surface area contributed by atoms with Crippen molar-refractivity contribution in [3.63, 3.8) is 0 Å². The van der Waals surface area contributed by atoms with Crippen LogP contribution in [0, 0.1) is 13.8 Å². The SMILES string of the molecule is CCc1ccc(OCC(O)CN2C(n3nc(C)cc3C)=NC3C2C(=O)NC(=O)N3C)cc1. The highest BCUT2D eigenvalue weighted by atomic mass is 16.5. The van der Waals surface area contributed by atoms with Gasteiger partial charge in [-0.3, -0.25) is 10.1 Å². The van der Waals surface area contributed by atoms with Gasteiger partial charge in [-0.2, -0.15) is 5.10 Å². The van der Waals surface area contributed by atoms with E-state index < -0.39 is 30.2 Å². The zero-order chi connectivity index (χ0) is 23.0. The molecule has 10 nitrogen and oxygen atoms in total. The standard InChI is InChI=1S/C22H28N6O4/c1-5-15-6-8-17(9-7-15)32-12-16(29)11-27-18-19(26(4)22(31)24-20(18)30)23-21(27)28-14(3)10-13(2)25-28/h6-10,16,18-19,29H,5,11-12H2,1-4H3,(H,24,30,31). The number of aromatic nitrogens is 2. The van der Waals surface area contributed by atoms with E-state index in [0.717, 1.165) is 17.8 Å². The summed E-state index contributed by atoms with van der Waals surface area (Å²) in [6, 6.07) is 8.34. The van der Waals surface area contributed by atoms with Crippen LogP contribution < -0.4 is 10.1 Å². The average molecular weight is 441 g/mol. The number of likely N-dealkylation sites (N-methyl/N-ethyl adjacent to an activating group) is 1. The molecule has 1 aromatic carbocycles. The van der Waals surface area contributed by atoms with Crippen LogP contribution >= 0.6 is 0 Å². The first kappa shape index (κ1) is 21.8. The van der Waals surface area contributed by atoms with Crippen molar-refractivity contribution in [2.45, 2.75) is 45.5 Å². The van der Waals surface area contributed by atoms with E-state index in [1.54, 1.807) is 16.6 Å². The van der Waals surface area contributed by atoms with Crippen molar-refractivity contribution < 1.29 is 19.4 Å². The van der Waals surface area contributed by atoms with Crippen molar-refractivity contribution in [1.29, 1.82) is 0 Å². The van der Waals surface area contributed by atoms with Gasteiger partial charge in [-0.25, -0.2) is 14.5 Å². The molecule has 0 aliphatic carbocycles. The number of hydrogen-bond donors (Lipinski definition) is 2. The number of β-amino-alcohol motifs (C(OH)–C–C–N with tert-alkyl or cyclic N) is 1. The summed E-state index contributed by atoms with van der Waals surface area (Å²) in [4.78, 5) is 32.5. The molecule has 0 bridgehead atoms. The molecule has 0 saturated carbocycles. The Morgan fingerprint density at radius 3 is 2.56 bits per heavy atom. The van der Waals surface area contributed by atoms with E-state index in [1.807, 2.05) is 44.2 Å². The van der Waals surface area contributed by atoms with Crippen LogP contribution in [-0.2, 0) is 11.2 Å². The molecule has 1 saturated heterocycles. The quantitative estimate of drug-likeness (QED) is 0.690. The number of hydrogen-bond acceptors (Lipinski definition) is 7. The molecule has 2 aromatic rings. The minimum absolute atomic E-state index is 0.0418. The van der Waals surface area contributed by atoms with E-state index in [0.29, 0.717) is 11.7 Å². The van der Waals surface area contributed by atoms with Crippen molar-refractivity contribution in [2.24, 2.45) is 4.99 Å². The predicted molar refractivity (Wildman–Crippen MR) is 117 cm³/mol. The fourth-order valence-corrected chi connectivity index (χ4v) is 4.01. The highest BCUT2D eigenvalue weighted by molar-refractivity contribution is 6.04. The van der Waals surface area contributed by atoms with Gasteiger partial charge in [-0.1, -0.05) is 19.1 Å². The Labute approximate surface area is 186 Å². The zero-order valence-electron chi connectivity index (χ0n) is 18.6. The zero-order valence-corrected chi connectivity index (χ0v) is 18.6. The second-order valence-electron chi connectivity index (χ2n) is 8.15. The molecule has 2 N–H and O–H groups in total. The van der Waals surface area contributed by atoms with Crippen LogP contribution in [0.4, 0.5) is 4.79 Å². The molecule has 32 heavy (non-hydrogen) atoms. The Morgan fingerprint density at radius 1 is 1.22 bits per heavy atom. The average Bonchev–Trinajstić information content (AvgIpc) is 3.30. The molecule has 3 atom stereocenters. The van der Waals surface area contributed by atoms with Gasteiger partial charge in [0.1, 0.15) is 18.5 Å². The number of rotatable bonds is 6. The number of nitrogens with zero attached hydrogens (tertiary/aromatic N) is 5. The van der Waals surface area contributed by atoms with Gasteiger partial charge in [0.25, 0.3) is 5.91 Å². The molecular formula is C22H28N6O4. The Kier molecular flexibility index (Phi) is 5.88. The Bertz CT molecular complexity index is 1050. The highest BCUT2D eigenvalue weighted by Crippen LogP contribution is 2.25. The Hall–Kier alpha value is -3.40. The van der Waals surface area contributed by atoms with Crippen molar-refractivity contribution in [3.05, 3.63) is 47.3 Å². The molecule has 2 aliphatic heterocycles. The first-order valence-electron chi connectivity index (χ1n) is 10.6. The molecule has 2 aliphatic rings. The minimum atomic E-state index is -0.905. The number of urea groups is 1. The maximum absolute atomic E-state index is 12.7. The molecular weight excluding hydrogens is 412 g/mol. The fourth-order valence-electron chi connectivity index (χ4n) is 4.01. The number of carbonyl (C=O) groups is 2. The van der Waals surface area contributed by atoms with E-state index in [4.69, 9.17) is 4.74 Å². The third-order valence-electron chi connectivity index (χ3n) is 5.72. The number of aryl methyl sites for hydroxylation is 3. The molecule has 0 spiro atoms. The van der Waals surface area contributed by atoms with Gasteiger partial charge in [0.15, 0.2) is 12.2 Å². The van der Waals surface area contributed by atoms with Crippen molar-refractivity contribution in [3.8, 4) is 5.75 Å². The first-order valence-corrected chi connectivity index (χ1v) is 10.6. The summed E-state index contributed by atoms with van der Waals surface area (Å²) in [7, 11) is 1.59. The number of benzene rings is 1. The summed E-state index contributed by atoms with van der Waals surface area (Å²) in [5, 5.41) is 17.6. The van der Waals surface area contributed by atoms with Crippen LogP contribution in [0.3, 0.4) is 0 Å². The number of nitrogens with one attached hydrogen (secondary N) is 1. The number of carbonyl (C=O) groups excluding carboxylic acids is 2. The van der Waals surface area contributed by atoms with Gasteiger partial charge < -0.3 is 19.6 Å². The van der Waals surface area contributed by atoms with Crippen LogP contribution in [0.2, 0.25) is 0 Å². The second kappa shape index (κ2) is 8.62. The third-order valence-corrected chi connectivity index (χ3v) is 5.72. The van der Waals surface area contributed by atoms with Crippen LogP contribution in [0.25, 0.3) is 0 Å². The van der Waals surface area contributed by atoms with Gasteiger partial charge in [-0.05, 0) is 44.0 Å². The Morgan fingerprint density at radius 2 is 1.94 bits per heavy atom. The lowest BCUT2D eigenvalue weighted by atomic mass is 10.1. The number of aliphatic hydroxyl groups excluding tert-OH is 1. The van der Waals surface area contributed by atoms with Gasteiger partial charge in [0.05, 0.1) is 12.2 Å². The molecule has 3 heterocycles. The summed E-state index contributed by atoms with van der Waals surface area (Å²) in [6.45, 7) is 5.96. The maximum atomic E-state index is 12.7. The van der Waals surface area contributed by atoms with E-state index in [9.17, 15) is 14.7 Å². The number of fused-ring (bicyclic) bond motifs is 1. The van der Waals surface area contributed by atoms with Gasteiger partial charge in [0, 0.05) is 12.7 Å². The van der Waals surface area contributed by atoms with Gasteiger partial charge in [-0.15, -0.1) is 0 Å². The molecule has 4 rings (SSSR count). The minimum Gasteiger partial charge on any atom is -0.491 e. The fraction of sp³-hybridized carbons (Fsp3) is 0.455. The van der Waals surface area contributed by atoms with Crippen molar-refractivity contribution in [2.75, 3.05) is 20.2 Å².